The molecule has 7 nitrogen and oxygen atoms in total. The first-order valence-electron chi connectivity index (χ1n) is 8.89. The summed E-state index contributed by atoms with van der Waals surface area (Å²) in [5.74, 6) is -0.626. The smallest absolute Gasteiger partial charge is 0.321 e. The van der Waals surface area contributed by atoms with E-state index >= 15 is 0 Å². The average Bonchev–Trinajstić information content (AvgIpc) is 2.57. The van der Waals surface area contributed by atoms with Crippen molar-refractivity contribution in [3.05, 3.63) is 29.3 Å². The van der Waals surface area contributed by atoms with Gasteiger partial charge in [0.25, 0.3) is 11.8 Å². The summed E-state index contributed by atoms with van der Waals surface area (Å²) in [5.41, 5.74) is 0.642. The lowest BCUT2D eigenvalue weighted by Gasteiger charge is -2.22. The van der Waals surface area contributed by atoms with Crippen LogP contribution >= 0.6 is 11.6 Å². The van der Waals surface area contributed by atoms with E-state index in [0.29, 0.717) is 15.6 Å². The van der Waals surface area contributed by atoms with Gasteiger partial charge in [-0.3, -0.25) is 14.9 Å². The zero-order valence-electron chi connectivity index (χ0n) is 14.9. The highest BCUT2D eigenvalue weighted by molar-refractivity contribution is 6.30. The first-order valence-corrected chi connectivity index (χ1v) is 9.27. The van der Waals surface area contributed by atoms with Gasteiger partial charge in [0.15, 0.2) is 13.1 Å². The summed E-state index contributed by atoms with van der Waals surface area (Å²) in [6, 6.07) is 6.47. The lowest BCUT2D eigenvalue weighted by molar-refractivity contribution is -0.862. The fourth-order valence-corrected chi connectivity index (χ4v) is 3.11. The molecule has 0 heterocycles. The first-order chi connectivity index (χ1) is 12.4. The van der Waals surface area contributed by atoms with E-state index in [2.05, 4.69) is 16.0 Å². The number of rotatable bonds is 6. The lowest BCUT2D eigenvalue weighted by Crippen LogP contribution is -3.11. The third-order valence-electron chi connectivity index (χ3n) is 4.25. The summed E-state index contributed by atoms with van der Waals surface area (Å²) < 4.78 is 0. The van der Waals surface area contributed by atoms with Crippen molar-refractivity contribution >= 4 is 35.1 Å². The molecule has 0 bridgehead atoms. The molecule has 1 unspecified atom stereocenters. The van der Waals surface area contributed by atoms with Crippen LogP contribution in [0.1, 0.15) is 32.1 Å². The van der Waals surface area contributed by atoms with Gasteiger partial charge in [0.1, 0.15) is 0 Å². The number of halogens is 1. The van der Waals surface area contributed by atoms with Gasteiger partial charge in [0, 0.05) is 16.8 Å². The Morgan fingerprint density at radius 2 is 1.65 bits per heavy atom. The van der Waals surface area contributed by atoms with Gasteiger partial charge < -0.3 is 15.5 Å². The number of anilines is 1. The van der Waals surface area contributed by atoms with E-state index in [1.165, 1.54) is 6.42 Å². The van der Waals surface area contributed by atoms with Crippen LogP contribution in [0.15, 0.2) is 24.3 Å². The third-order valence-corrected chi connectivity index (χ3v) is 4.50. The Labute approximate surface area is 158 Å². The zero-order valence-corrected chi connectivity index (χ0v) is 15.7. The van der Waals surface area contributed by atoms with Gasteiger partial charge in [-0.2, -0.15) is 0 Å². The van der Waals surface area contributed by atoms with Gasteiger partial charge in [-0.1, -0.05) is 30.9 Å². The summed E-state index contributed by atoms with van der Waals surface area (Å²) in [7, 11) is 1.72. The van der Waals surface area contributed by atoms with Gasteiger partial charge in [0.2, 0.25) is 0 Å². The van der Waals surface area contributed by atoms with E-state index in [-0.39, 0.29) is 25.0 Å². The first kappa shape index (κ1) is 20.2. The van der Waals surface area contributed by atoms with Gasteiger partial charge in [0.05, 0.1) is 7.05 Å². The fourth-order valence-electron chi connectivity index (χ4n) is 2.99. The molecule has 0 aliphatic heterocycles. The number of quaternary nitrogens is 1. The molecule has 1 atom stereocenters. The Kier molecular flexibility index (Phi) is 7.87. The summed E-state index contributed by atoms with van der Waals surface area (Å²) in [4.78, 5) is 36.5. The number of likely N-dealkylation sites (N-methyl/N-ethyl adjacent to an activating group) is 1. The minimum atomic E-state index is -0.458. The molecule has 1 fully saturated rings. The molecule has 0 spiro atoms. The number of nitrogens with one attached hydrogen (secondary N) is 4. The van der Waals surface area contributed by atoms with Crippen molar-refractivity contribution in [2.24, 2.45) is 0 Å². The van der Waals surface area contributed by atoms with Crippen LogP contribution in [0, 0.1) is 0 Å². The minimum Gasteiger partial charge on any atom is -0.335 e. The minimum absolute atomic E-state index is 0.0339. The Morgan fingerprint density at radius 3 is 2.31 bits per heavy atom. The van der Waals surface area contributed by atoms with Crippen LogP contribution in [0.4, 0.5) is 10.5 Å². The molecule has 8 heteroatoms. The number of amides is 4. The largest absolute Gasteiger partial charge is 0.335 e. The van der Waals surface area contributed by atoms with Crippen LogP contribution in [0.3, 0.4) is 0 Å². The van der Waals surface area contributed by atoms with Gasteiger partial charge in [-0.25, -0.2) is 4.79 Å². The molecule has 0 aromatic heterocycles. The number of carbonyl (C=O) groups excluding carboxylic acids is 3. The summed E-state index contributed by atoms with van der Waals surface area (Å²) in [6.07, 6.45) is 5.32. The monoisotopic (exact) mass is 381 g/mol. The van der Waals surface area contributed by atoms with E-state index in [1.807, 2.05) is 0 Å². The molecule has 1 aromatic carbocycles. The quantitative estimate of drug-likeness (QED) is 0.591. The van der Waals surface area contributed by atoms with Crippen LogP contribution in [-0.4, -0.2) is 44.0 Å². The SMILES string of the molecule is C[NH+](CC(=O)NC(=O)NC1CCCCC1)CC(=O)Nc1ccc(Cl)cc1. The maximum Gasteiger partial charge on any atom is 0.321 e. The highest BCUT2D eigenvalue weighted by atomic mass is 35.5. The van der Waals surface area contributed by atoms with Crippen molar-refractivity contribution in [3.63, 3.8) is 0 Å². The van der Waals surface area contributed by atoms with E-state index < -0.39 is 11.9 Å². The van der Waals surface area contributed by atoms with Gasteiger partial charge in [-0.15, -0.1) is 0 Å². The molecule has 1 saturated carbocycles. The molecular weight excluding hydrogens is 356 g/mol. The fraction of sp³-hybridized carbons (Fsp3) is 0.500. The second-order valence-electron chi connectivity index (χ2n) is 6.72. The molecule has 1 aliphatic carbocycles. The number of urea groups is 1. The standard InChI is InChI=1S/C18H25ClN4O3/c1-23(11-16(24)20-15-9-7-13(19)8-10-15)12-17(25)22-18(26)21-14-5-3-2-4-6-14/h7-10,14H,2-6,11-12H2,1H3,(H,20,24)(H2,21,22,25,26)/p+1. The topological polar surface area (TPSA) is 91.7 Å². The number of carbonyl (C=O) groups is 3. The van der Waals surface area contributed by atoms with Crippen molar-refractivity contribution in [2.75, 3.05) is 25.5 Å². The predicted octanol–water partition coefficient (Wildman–Crippen LogP) is 0.952. The molecule has 0 radical (unpaired) electrons. The van der Waals surface area contributed by atoms with E-state index in [0.717, 1.165) is 25.7 Å². The normalized spacial score (nSPS) is 15.8. The average molecular weight is 382 g/mol. The summed E-state index contributed by atoms with van der Waals surface area (Å²) in [6.45, 7) is 0.145. The Morgan fingerprint density at radius 1 is 1.04 bits per heavy atom. The Balaban J connectivity index is 1.67. The predicted molar refractivity (Wildman–Crippen MR) is 100 cm³/mol. The molecule has 1 aliphatic rings. The van der Waals surface area contributed by atoms with E-state index in [9.17, 15) is 14.4 Å². The van der Waals surface area contributed by atoms with Crippen molar-refractivity contribution in [1.29, 1.82) is 0 Å². The molecule has 4 N–H and O–H groups in total. The van der Waals surface area contributed by atoms with Crippen LogP contribution in [0.25, 0.3) is 0 Å². The Hall–Kier alpha value is -2.12. The molecule has 0 saturated heterocycles. The Bertz CT molecular complexity index is 630. The summed E-state index contributed by atoms with van der Waals surface area (Å²) in [5, 5.41) is 8.49. The molecular formula is C18H26ClN4O3+. The van der Waals surface area contributed by atoms with Crippen molar-refractivity contribution in [2.45, 2.75) is 38.1 Å². The summed E-state index contributed by atoms with van der Waals surface area (Å²) >= 11 is 5.80. The second kappa shape index (κ2) is 10.1. The van der Waals surface area contributed by atoms with Crippen molar-refractivity contribution in [3.8, 4) is 0 Å². The number of hydrogen-bond acceptors (Lipinski definition) is 3. The van der Waals surface area contributed by atoms with Crippen LogP contribution < -0.4 is 20.9 Å². The third kappa shape index (κ3) is 7.41. The van der Waals surface area contributed by atoms with E-state index in [4.69, 9.17) is 11.6 Å². The van der Waals surface area contributed by atoms with Crippen molar-refractivity contribution in [1.82, 2.24) is 10.6 Å². The second-order valence-corrected chi connectivity index (χ2v) is 7.16. The van der Waals surface area contributed by atoms with Gasteiger partial charge in [-0.05, 0) is 37.1 Å². The highest BCUT2D eigenvalue weighted by Crippen LogP contribution is 2.17. The van der Waals surface area contributed by atoms with Crippen LogP contribution in [-0.2, 0) is 9.59 Å². The molecule has 1 aromatic rings. The number of imide groups is 1. The van der Waals surface area contributed by atoms with Crippen LogP contribution in [0.5, 0.6) is 0 Å². The van der Waals surface area contributed by atoms with Crippen LogP contribution in [0.2, 0.25) is 5.02 Å². The van der Waals surface area contributed by atoms with Crippen molar-refractivity contribution < 1.29 is 19.3 Å². The molecule has 4 amide bonds. The number of benzene rings is 1. The van der Waals surface area contributed by atoms with Gasteiger partial charge >= 0.3 is 6.03 Å². The maximum absolute atomic E-state index is 12.0. The molecule has 2 rings (SSSR count). The maximum atomic E-state index is 12.0. The molecule has 142 valence electrons. The number of hydrogen-bond donors (Lipinski definition) is 4. The van der Waals surface area contributed by atoms with E-state index in [1.54, 1.807) is 31.3 Å². The lowest BCUT2D eigenvalue weighted by atomic mass is 9.96. The molecule has 26 heavy (non-hydrogen) atoms. The highest BCUT2D eigenvalue weighted by Gasteiger charge is 2.19. The zero-order chi connectivity index (χ0) is 18.9.